The van der Waals surface area contributed by atoms with Crippen LogP contribution < -0.4 is 10.6 Å². The molecule has 2 aromatic heterocycles. The van der Waals surface area contributed by atoms with Gasteiger partial charge in [-0.3, -0.25) is 4.79 Å². The molecule has 13 heteroatoms. The number of nitrogens with one attached hydrogen (secondary N) is 3. The topological polar surface area (TPSA) is 110 Å². The number of carbonyl (C=O) groups is 1. The molecule has 36 heavy (non-hydrogen) atoms. The van der Waals surface area contributed by atoms with Crippen LogP contribution in [0.25, 0.3) is 10.8 Å². The number of fused-ring (bicyclic) bond motifs is 1. The normalized spacial score (nSPS) is 12.5. The SMILES string of the molecule is O=C(Nc1cccc(C(O)(C(F)(F)F)C(F)(F)F)c1)c1cccnc1Nc1cccc2c(O)[nH]cc12. The van der Waals surface area contributed by atoms with Crippen molar-refractivity contribution in [2.45, 2.75) is 18.0 Å². The Morgan fingerprint density at radius 1 is 0.917 bits per heavy atom. The summed E-state index contributed by atoms with van der Waals surface area (Å²) >= 11 is 0. The quantitative estimate of drug-likeness (QED) is 0.225. The summed E-state index contributed by atoms with van der Waals surface area (Å²) in [5, 5.41) is 25.7. The predicted octanol–water partition coefficient (Wildman–Crippen LogP) is 5.58. The Labute approximate surface area is 198 Å². The third-order valence-electron chi connectivity index (χ3n) is 5.38. The van der Waals surface area contributed by atoms with Crippen LogP contribution in [0.2, 0.25) is 0 Å². The molecule has 0 saturated heterocycles. The van der Waals surface area contributed by atoms with Gasteiger partial charge in [0.05, 0.1) is 5.56 Å². The number of alkyl halides is 6. The minimum absolute atomic E-state index is 0.0291. The number of aromatic hydroxyl groups is 1. The first-order chi connectivity index (χ1) is 16.8. The zero-order valence-corrected chi connectivity index (χ0v) is 17.9. The van der Waals surface area contributed by atoms with Crippen molar-refractivity contribution in [2.75, 3.05) is 10.6 Å². The average molecular weight is 510 g/mol. The maximum atomic E-state index is 13.2. The van der Waals surface area contributed by atoms with Crippen LogP contribution in [0, 0.1) is 0 Å². The van der Waals surface area contributed by atoms with Crippen LogP contribution in [0.1, 0.15) is 15.9 Å². The zero-order valence-electron chi connectivity index (χ0n) is 17.9. The van der Waals surface area contributed by atoms with Gasteiger partial charge in [-0.2, -0.15) is 26.3 Å². The van der Waals surface area contributed by atoms with Crippen LogP contribution in [0.15, 0.2) is 67.0 Å². The highest BCUT2D eigenvalue weighted by atomic mass is 19.4. The molecule has 0 radical (unpaired) electrons. The summed E-state index contributed by atoms with van der Waals surface area (Å²) < 4.78 is 79.4. The second-order valence-electron chi connectivity index (χ2n) is 7.67. The van der Waals surface area contributed by atoms with Gasteiger partial charge in [0.1, 0.15) is 5.82 Å². The summed E-state index contributed by atoms with van der Waals surface area (Å²) in [6.45, 7) is 0. The van der Waals surface area contributed by atoms with Crippen molar-refractivity contribution in [3.63, 3.8) is 0 Å². The Hall–Kier alpha value is -4.26. The van der Waals surface area contributed by atoms with Gasteiger partial charge in [0.2, 0.25) is 0 Å². The lowest BCUT2D eigenvalue weighted by Gasteiger charge is -2.32. The molecule has 4 aromatic rings. The van der Waals surface area contributed by atoms with Crippen LogP contribution in [-0.4, -0.2) is 38.4 Å². The average Bonchev–Trinajstić information content (AvgIpc) is 3.19. The zero-order chi connectivity index (χ0) is 26.3. The first-order valence-corrected chi connectivity index (χ1v) is 10.1. The highest BCUT2D eigenvalue weighted by molar-refractivity contribution is 6.08. The number of aromatic amines is 1. The van der Waals surface area contributed by atoms with Crippen molar-refractivity contribution in [3.8, 4) is 5.88 Å². The molecule has 1 amide bonds. The molecule has 0 unspecified atom stereocenters. The summed E-state index contributed by atoms with van der Waals surface area (Å²) in [5.74, 6) is -0.943. The van der Waals surface area contributed by atoms with E-state index in [0.29, 0.717) is 28.6 Å². The number of aromatic nitrogens is 2. The number of nitrogens with zero attached hydrogens (tertiary/aromatic N) is 1. The number of aliphatic hydroxyl groups is 1. The molecule has 2 heterocycles. The standard InChI is InChI=1S/C23H16F6N4O3/c24-22(25,26)21(36,23(27,28)29)12-4-1-5-13(10-12)32-20(35)15-7-3-9-30-18(15)33-17-8-2-6-14-16(17)11-31-19(14)34/h1-11,31,34,36H,(H,30,33)(H,32,35). The summed E-state index contributed by atoms with van der Waals surface area (Å²) in [6.07, 6.45) is -9.26. The molecule has 0 aliphatic heterocycles. The molecule has 188 valence electrons. The van der Waals surface area contributed by atoms with Gasteiger partial charge in [-0.15, -0.1) is 0 Å². The van der Waals surface area contributed by atoms with E-state index in [2.05, 4.69) is 20.6 Å². The Balaban J connectivity index is 1.65. The molecule has 0 atom stereocenters. The third-order valence-corrected chi connectivity index (χ3v) is 5.38. The lowest BCUT2D eigenvalue weighted by molar-refractivity contribution is -0.376. The number of hydrogen-bond donors (Lipinski definition) is 5. The van der Waals surface area contributed by atoms with Gasteiger partial charge >= 0.3 is 12.4 Å². The Bertz CT molecular complexity index is 1420. The van der Waals surface area contributed by atoms with Crippen LogP contribution in [-0.2, 0) is 5.60 Å². The molecule has 0 bridgehead atoms. The lowest BCUT2D eigenvalue weighted by Crippen LogP contribution is -2.53. The molecule has 0 saturated carbocycles. The van der Waals surface area contributed by atoms with Gasteiger partial charge in [0.15, 0.2) is 5.88 Å². The van der Waals surface area contributed by atoms with E-state index in [0.717, 1.165) is 12.1 Å². The predicted molar refractivity (Wildman–Crippen MR) is 118 cm³/mol. The Kier molecular flexibility index (Phi) is 6.04. The molecule has 0 fully saturated rings. The van der Waals surface area contributed by atoms with Crippen LogP contribution in [0.3, 0.4) is 0 Å². The molecular formula is C23H16F6N4O3. The van der Waals surface area contributed by atoms with Gasteiger partial charge in [-0.05, 0) is 36.4 Å². The molecule has 0 spiro atoms. The fourth-order valence-corrected chi connectivity index (χ4v) is 3.58. The van der Waals surface area contributed by atoms with Gasteiger partial charge in [0.25, 0.3) is 11.5 Å². The smallest absolute Gasteiger partial charge is 0.430 e. The van der Waals surface area contributed by atoms with Crippen molar-refractivity contribution in [3.05, 3.63) is 78.1 Å². The highest BCUT2D eigenvalue weighted by Gasteiger charge is 2.71. The van der Waals surface area contributed by atoms with Crippen molar-refractivity contribution in [1.29, 1.82) is 0 Å². The second kappa shape index (κ2) is 8.75. The summed E-state index contributed by atoms with van der Waals surface area (Å²) in [6, 6.07) is 10.4. The number of rotatable bonds is 5. The number of hydrogen-bond acceptors (Lipinski definition) is 5. The lowest BCUT2D eigenvalue weighted by atomic mass is 9.92. The fourth-order valence-electron chi connectivity index (χ4n) is 3.58. The van der Waals surface area contributed by atoms with Gasteiger partial charge < -0.3 is 25.8 Å². The number of amides is 1. The van der Waals surface area contributed by atoms with E-state index in [1.807, 2.05) is 0 Å². The monoisotopic (exact) mass is 510 g/mol. The highest BCUT2D eigenvalue weighted by Crippen LogP contribution is 2.50. The molecular weight excluding hydrogens is 494 g/mol. The Morgan fingerprint density at radius 3 is 2.31 bits per heavy atom. The minimum Gasteiger partial charge on any atom is -0.494 e. The van der Waals surface area contributed by atoms with Crippen LogP contribution >= 0.6 is 0 Å². The number of carbonyl (C=O) groups excluding carboxylic acids is 1. The third kappa shape index (κ3) is 4.28. The van der Waals surface area contributed by atoms with E-state index in [-0.39, 0.29) is 17.3 Å². The Morgan fingerprint density at radius 2 is 1.61 bits per heavy atom. The van der Waals surface area contributed by atoms with E-state index in [1.54, 1.807) is 18.2 Å². The van der Waals surface area contributed by atoms with Crippen molar-refractivity contribution >= 4 is 33.9 Å². The van der Waals surface area contributed by atoms with Crippen molar-refractivity contribution in [2.24, 2.45) is 0 Å². The summed E-state index contributed by atoms with van der Waals surface area (Å²) in [7, 11) is 0. The van der Waals surface area contributed by atoms with E-state index < -0.39 is 35.1 Å². The molecule has 5 N–H and O–H groups in total. The van der Waals surface area contributed by atoms with E-state index in [1.165, 1.54) is 24.5 Å². The number of pyridine rings is 1. The summed E-state index contributed by atoms with van der Waals surface area (Å²) in [4.78, 5) is 19.6. The van der Waals surface area contributed by atoms with E-state index in [4.69, 9.17) is 0 Å². The largest absolute Gasteiger partial charge is 0.494 e. The molecule has 0 aliphatic carbocycles. The van der Waals surface area contributed by atoms with Crippen molar-refractivity contribution in [1.82, 2.24) is 9.97 Å². The molecule has 4 rings (SSSR count). The maximum absolute atomic E-state index is 13.2. The number of H-pyrrole nitrogens is 1. The first-order valence-electron chi connectivity index (χ1n) is 10.1. The fraction of sp³-hybridized carbons (Fsp3) is 0.130. The number of anilines is 3. The molecule has 7 nitrogen and oxygen atoms in total. The first kappa shape index (κ1) is 24.9. The van der Waals surface area contributed by atoms with Gasteiger partial charge in [-0.25, -0.2) is 4.98 Å². The number of benzene rings is 2. The van der Waals surface area contributed by atoms with Crippen LogP contribution in [0.4, 0.5) is 43.5 Å². The van der Waals surface area contributed by atoms with E-state index >= 15 is 0 Å². The van der Waals surface area contributed by atoms with Crippen molar-refractivity contribution < 1.29 is 41.4 Å². The number of halogens is 6. The molecule has 2 aromatic carbocycles. The van der Waals surface area contributed by atoms with Gasteiger partial charge in [-0.1, -0.05) is 18.2 Å². The molecule has 0 aliphatic rings. The van der Waals surface area contributed by atoms with Crippen LogP contribution in [0.5, 0.6) is 5.88 Å². The maximum Gasteiger partial charge on any atom is 0.430 e. The van der Waals surface area contributed by atoms with E-state index in [9.17, 15) is 41.4 Å². The van der Waals surface area contributed by atoms with Gasteiger partial charge in [0, 0.05) is 40.1 Å². The minimum atomic E-state index is -6.07. The second-order valence-corrected chi connectivity index (χ2v) is 7.67. The summed E-state index contributed by atoms with van der Waals surface area (Å²) in [5.41, 5.74) is -6.69.